The second-order valence-corrected chi connectivity index (χ2v) is 3.73. The minimum atomic E-state index is 0.372. The molecule has 0 atom stereocenters. The van der Waals surface area contributed by atoms with E-state index in [9.17, 15) is 0 Å². The number of nitrogens with two attached hydrogens (primary N) is 1. The zero-order valence-electron chi connectivity index (χ0n) is 7.61. The van der Waals surface area contributed by atoms with Crippen LogP contribution in [0.4, 0.5) is 5.82 Å². The lowest BCUT2D eigenvalue weighted by Crippen LogP contribution is -1.94. The van der Waals surface area contributed by atoms with Gasteiger partial charge in [-0.2, -0.15) is 0 Å². The van der Waals surface area contributed by atoms with Gasteiger partial charge in [-0.1, -0.05) is 35.3 Å². The van der Waals surface area contributed by atoms with E-state index in [-0.39, 0.29) is 0 Å². The fourth-order valence-electron chi connectivity index (χ4n) is 1.19. The lowest BCUT2D eigenvalue weighted by atomic mass is 10.1. The highest BCUT2D eigenvalue weighted by atomic mass is 35.5. The molecule has 0 amide bonds. The average Bonchev–Trinajstić information content (AvgIpc) is 2.24. The summed E-state index contributed by atoms with van der Waals surface area (Å²) in [5.41, 5.74) is 6.84. The molecule has 1 aromatic carbocycles. The highest BCUT2D eigenvalue weighted by Crippen LogP contribution is 2.31. The molecule has 2 aromatic rings. The minimum Gasteiger partial charge on any atom is -0.382 e. The first-order valence-corrected chi connectivity index (χ1v) is 4.97. The zero-order valence-corrected chi connectivity index (χ0v) is 9.13. The standard InChI is InChI=1S/C10H7Cl2N3/c11-7-3-1-2-6(10(7)12)8-4-5-9(13)15-14-8/h1-5H,(H2,13,15). The van der Waals surface area contributed by atoms with Crippen LogP contribution in [0.25, 0.3) is 11.3 Å². The molecule has 0 radical (unpaired) electrons. The quantitative estimate of drug-likeness (QED) is 0.833. The van der Waals surface area contributed by atoms with Crippen molar-refractivity contribution in [2.45, 2.75) is 0 Å². The van der Waals surface area contributed by atoms with Gasteiger partial charge >= 0.3 is 0 Å². The number of aromatic nitrogens is 2. The van der Waals surface area contributed by atoms with Crippen molar-refractivity contribution in [2.75, 3.05) is 5.73 Å². The maximum atomic E-state index is 6.04. The first-order valence-electron chi connectivity index (χ1n) is 4.22. The Morgan fingerprint density at radius 2 is 1.80 bits per heavy atom. The molecular weight excluding hydrogens is 233 g/mol. The van der Waals surface area contributed by atoms with E-state index in [0.717, 1.165) is 5.56 Å². The molecule has 0 aliphatic rings. The van der Waals surface area contributed by atoms with Gasteiger partial charge in [0.15, 0.2) is 0 Å². The predicted molar refractivity (Wildman–Crippen MR) is 61.9 cm³/mol. The van der Waals surface area contributed by atoms with E-state index in [1.165, 1.54) is 0 Å². The van der Waals surface area contributed by atoms with E-state index in [1.807, 2.05) is 12.1 Å². The molecule has 0 fully saturated rings. The molecule has 5 heteroatoms. The van der Waals surface area contributed by atoms with Crippen molar-refractivity contribution < 1.29 is 0 Å². The third-order valence-corrected chi connectivity index (χ3v) is 2.73. The molecule has 0 aliphatic heterocycles. The third-order valence-electron chi connectivity index (χ3n) is 1.91. The Labute approximate surface area is 96.8 Å². The number of anilines is 1. The van der Waals surface area contributed by atoms with Gasteiger partial charge in [0.25, 0.3) is 0 Å². The number of hydrogen-bond acceptors (Lipinski definition) is 3. The summed E-state index contributed by atoms with van der Waals surface area (Å²) in [5.74, 6) is 0.372. The summed E-state index contributed by atoms with van der Waals surface area (Å²) >= 11 is 11.9. The van der Waals surface area contributed by atoms with Gasteiger partial charge in [0.05, 0.1) is 15.7 Å². The van der Waals surface area contributed by atoms with Gasteiger partial charge in [0.2, 0.25) is 0 Å². The molecule has 0 aliphatic carbocycles. The second-order valence-electron chi connectivity index (χ2n) is 2.94. The summed E-state index contributed by atoms with van der Waals surface area (Å²) in [7, 11) is 0. The molecule has 0 saturated heterocycles. The van der Waals surface area contributed by atoms with Crippen LogP contribution in [0.2, 0.25) is 10.0 Å². The molecule has 15 heavy (non-hydrogen) atoms. The monoisotopic (exact) mass is 239 g/mol. The number of nitrogen functional groups attached to an aromatic ring is 1. The van der Waals surface area contributed by atoms with E-state index in [1.54, 1.807) is 18.2 Å². The van der Waals surface area contributed by atoms with Crippen LogP contribution in [-0.4, -0.2) is 10.2 Å². The fourth-order valence-corrected chi connectivity index (χ4v) is 1.59. The molecule has 3 nitrogen and oxygen atoms in total. The summed E-state index contributed by atoms with van der Waals surface area (Å²) < 4.78 is 0. The molecule has 2 rings (SSSR count). The second kappa shape index (κ2) is 4.04. The van der Waals surface area contributed by atoms with Gasteiger partial charge in [0.1, 0.15) is 5.82 Å². The van der Waals surface area contributed by atoms with Gasteiger partial charge in [-0.3, -0.25) is 0 Å². The normalized spacial score (nSPS) is 10.3. The van der Waals surface area contributed by atoms with Gasteiger partial charge in [-0.15, -0.1) is 10.2 Å². The van der Waals surface area contributed by atoms with Gasteiger partial charge in [-0.25, -0.2) is 0 Å². The third kappa shape index (κ3) is 2.03. The van der Waals surface area contributed by atoms with Crippen LogP contribution in [0.1, 0.15) is 0 Å². The Hall–Kier alpha value is -1.32. The number of rotatable bonds is 1. The molecular formula is C10H7Cl2N3. The van der Waals surface area contributed by atoms with Crippen molar-refractivity contribution >= 4 is 29.0 Å². The van der Waals surface area contributed by atoms with Crippen molar-refractivity contribution in [3.05, 3.63) is 40.4 Å². The van der Waals surface area contributed by atoms with E-state index < -0.39 is 0 Å². The summed E-state index contributed by atoms with van der Waals surface area (Å²) in [6, 6.07) is 8.77. The predicted octanol–water partition coefficient (Wildman–Crippen LogP) is 3.03. The van der Waals surface area contributed by atoms with Crippen LogP contribution >= 0.6 is 23.2 Å². The number of benzene rings is 1. The molecule has 76 valence electrons. The Morgan fingerprint density at radius 1 is 1.00 bits per heavy atom. The van der Waals surface area contributed by atoms with Crippen LogP contribution in [0, 0.1) is 0 Å². The largest absolute Gasteiger partial charge is 0.382 e. The van der Waals surface area contributed by atoms with Crippen molar-refractivity contribution in [3.8, 4) is 11.3 Å². The Morgan fingerprint density at radius 3 is 2.47 bits per heavy atom. The molecule has 2 N–H and O–H groups in total. The Bertz CT molecular complexity index is 483. The Kier molecular flexibility index (Phi) is 2.75. The number of halogens is 2. The average molecular weight is 240 g/mol. The minimum absolute atomic E-state index is 0.372. The van der Waals surface area contributed by atoms with Crippen molar-refractivity contribution in [2.24, 2.45) is 0 Å². The van der Waals surface area contributed by atoms with Crippen molar-refractivity contribution in [1.82, 2.24) is 10.2 Å². The van der Waals surface area contributed by atoms with E-state index in [2.05, 4.69) is 10.2 Å². The first kappa shape index (κ1) is 10.2. The summed E-state index contributed by atoms with van der Waals surface area (Å²) in [6.07, 6.45) is 0. The van der Waals surface area contributed by atoms with Crippen LogP contribution in [-0.2, 0) is 0 Å². The smallest absolute Gasteiger partial charge is 0.146 e. The van der Waals surface area contributed by atoms with Gasteiger partial charge in [-0.05, 0) is 18.2 Å². The summed E-state index contributed by atoms with van der Waals surface area (Å²) in [5, 5.41) is 8.65. The van der Waals surface area contributed by atoms with Crippen LogP contribution < -0.4 is 5.73 Å². The first-order chi connectivity index (χ1) is 7.18. The molecule has 1 heterocycles. The molecule has 1 aromatic heterocycles. The number of hydrogen-bond donors (Lipinski definition) is 1. The summed E-state index contributed by atoms with van der Waals surface area (Å²) in [4.78, 5) is 0. The van der Waals surface area contributed by atoms with Crippen molar-refractivity contribution in [1.29, 1.82) is 0 Å². The van der Waals surface area contributed by atoms with E-state index in [4.69, 9.17) is 28.9 Å². The maximum Gasteiger partial charge on any atom is 0.146 e. The molecule has 0 bridgehead atoms. The number of nitrogens with zero attached hydrogens (tertiary/aromatic N) is 2. The topological polar surface area (TPSA) is 51.8 Å². The molecule has 0 spiro atoms. The molecule has 0 saturated carbocycles. The van der Waals surface area contributed by atoms with Crippen LogP contribution in [0.15, 0.2) is 30.3 Å². The summed E-state index contributed by atoms with van der Waals surface area (Å²) in [6.45, 7) is 0. The highest BCUT2D eigenvalue weighted by molar-refractivity contribution is 6.43. The molecule has 0 unspecified atom stereocenters. The fraction of sp³-hybridized carbons (Fsp3) is 0. The highest BCUT2D eigenvalue weighted by Gasteiger charge is 2.07. The van der Waals surface area contributed by atoms with Crippen LogP contribution in [0.3, 0.4) is 0 Å². The lowest BCUT2D eigenvalue weighted by molar-refractivity contribution is 1.05. The van der Waals surface area contributed by atoms with Gasteiger partial charge < -0.3 is 5.73 Å². The lowest BCUT2D eigenvalue weighted by Gasteiger charge is -2.03. The van der Waals surface area contributed by atoms with Crippen LogP contribution in [0.5, 0.6) is 0 Å². The van der Waals surface area contributed by atoms with Gasteiger partial charge in [0, 0.05) is 5.56 Å². The zero-order chi connectivity index (χ0) is 10.8. The maximum absolute atomic E-state index is 6.04. The SMILES string of the molecule is Nc1ccc(-c2cccc(Cl)c2Cl)nn1. The van der Waals surface area contributed by atoms with E-state index in [0.29, 0.717) is 21.6 Å². The van der Waals surface area contributed by atoms with Crippen molar-refractivity contribution in [3.63, 3.8) is 0 Å². The Balaban J connectivity index is 2.54. The van der Waals surface area contributed by atoms with E-state index >= 15 is 0 Å².